The molecule has 1 atom stereocenters. The summed E-state index contributed by atoms with van der Waals surface area (Å²) in [6.45, 7) is 6.45. The van der Waals surface area contributed by atoms with Gasteiger partial charge in [-0.05, 0) is 122 Å². The van der Waals surface area contributed by atoms with E-state index in [1.54, 1.807) is 0 Å². The summed E-state index contributed by atoms with van der Waals surface area (Å²) in [7, 11) is 0. The molecule has 6 heteroatoms. The molecule has 0 amide bonds. The molecule has 0 aliphatic heterocycles. The Labute approximate surface area is 424 Å². The molecule has 0 saturated carbocycles. The Kier molecular flexibility index (Phi) is 53.0. The topological polar surface area (TPSA) is 78.9 Å². The second kappa shape index (κ2) is 56.4. The Hall–Kier alpha value is -4.19. The predicted octanol–water partition coefficient (Wildman–Crippen LogP) is 18.9. The predicted molar refractivity (Wildman–Crippen MR) is 297 cm³/mol. The van der Waals surface area contributed by atoms with Crippen molar-refractivity contribution in [1.82, 2.24) is 0 Å². The highest BCUT2D eigenvalue weighted by Gasteiger charge is 2.19. The van der Waals surface area contributed by atoms with E-state index in [0.29, 0.717) is 19.3 Å². The van der Waals surface area contributed by atoms with Crippen molar-refractivity contribution in [2.45, 2.75) is 245 Å². The van der Waals surface area contributed by atoms with Crippen LogP contribution in [0, 0.1) is 0 Å². The van der Waals surface area contributed by atoms with Crippen LogP contribution in [-0.2, 0) is 28.6 Å². The molecule has 0 rings (SSSR count). The van der Waals surface area contributed by atoms with E-state index in [1.807, 2.05) is 12.2 Å². The molecule has 6 nitrogen and oxygen atoms in total. The average molecular weight is 956 g/mol. The quantitative estimate of drug-likeness (QED) is 0.0262. The van der Waals surface area contributed by atoms with Crippen molar-refractivity contribution in [2.75, 3.05) is 13.2 Å². The molecule has 0 fully saturated rings. The first-order valence-corrected chi connectivity index (χ1v) is 28.0. The lowest BCUT2D eigenvalue weighted by Gasteiger charge is -2.18. The van der Waals surface area contributed by atoms with Crippen molar-refractivity contribution in [2.24, 2.45) is 0 Å². The van der Waals surface area contributed by atoms with Gasteiger partial charge in [-0.1, -0.05) is 219 Å². The van der Waals surface area contributed by atoms with E-state index < -0.39 is 12.1 Å². The summed E-state index contributed by atoms with van der Waals surface area (Å²) in [6.07, 6.45) is 77.7. The highest BCUT2D eigenvalue weighted by atomic mass is 16.6. The fraction of sp³-hybridized carbons (Fsp3) is 0.635. The smallest absolute Gasteiger partial charge is 0.306 e. The number of ether oxygens (including phenoxy) is 3. The lowest BCUT2D eigenvalue weighted by Crippen LogP contribution is -2.30. The van der Waals surface area contributed by atoms with Crippen molar-refractivity contribution in [3.63, 3.8) is 0 Å². The first kappa shape index (κ1) is 64.8. The summed E-state index contributed by atoms with van der Waals surface area (Å²) in [4.78, 5) is 38.1. The maximum absolute atomic E-state index is 12.8. The Morgan fingerprint density at radius 2 is 0.565 bits per heavy atom. The van der Waals surface area contributed by atoms with E-state index in [-0.39, 0.29) is 38.0 Å². The Balaban J connectivity index is 4.62. The number of carbonyl (C=O) groups excluding carboxylic acids is 3. The molecule has 0 N–H and O–H groups in total. The number of carbonyl (C=O) groups is 3. The molecule has 0 aromatic carbocycles. The van der Waals surface area contributed by atoms with Gasteiger partial charge in [0.15, 0.2) is 6.10 Å². The average Bonchev–Trinajstić information content (AvgIpc) is 3.35. The number of hydrogen-bond donors (Lipinski definition) is 0. The van der Waals surface area contributed by atoms with Crippen LogP contribution in [0.2, 0.25) is 0 Å². The van der Waals surface area contributed by atoms with Crippen LogP contribution < -0.4 is 0 Å². The minimum Gasteiger partial charge on any atom is -0.462 e. The third kappa shape index (κ3) is 54.6. The molecule has 69 heavy (non-hydrogen) atoms. The van der Waals surface area contributed by atoms with Gasteiger partial charge in [0.1, 0.15) is 13.2 Å². The van der Waals surface area contributed by atoms with E-state index in [2.05, 4.69) is 130 Å². The fourth-order valence-corrected chi connectivity index (χ4v) is 7.18. The first-order chi connectivity index (χ1) is 34.0. The number of esters is 3. The molecule has 0 aliphatic rings. The molecular weight excluding hydrogens is 853 g/mol. The second-order valence-corrected chi connectivity index (χ2v) is 18.1. The van der Waals surface area contributed by atoms with Gasteiger partial charge in [0.25, 0.3) is 0 Å². The van der Waals surface area contributed by atoms with Crippen LogP contribution in [0.5, 0.6) is 0 Å². The molecule has 390 valence electrons. The van der Waals surface area contributed by atoms with Gasteiger partial charge in [-0.2, -0.15) is 0 Å². The van der Waals surface area contributed by atoms with Crippen LogP contribution in [0.1, 0.15) is 239 Å². The van der Waals surface area contributed by atoms with Crippen LogP contribution in [0.3, 0.4) is 0 Å². The van der Waals surface area contributed by atoms with Crippen molar-refractivity contribution in [3.8, 4) is 0 Å². The molecular formula is C63H102O6. The van der Waals surface area contributed by atoms with Crippen LogP contribution in [0.25, 0.3) is 0 Å². The zero-order chi connectivity index (χ0) is 50.0. The Bertz CT molecular complexity index is 1470. The summed E-state index contributed by atoms with van der Waals surface area (Å²) in [5, 5.41) is 0. The van der Waals surface area contributed by atoms with Crippen molar-refractivity contribution >= 4 is 17.9 Å². The van der Waals surface area contributed by atoms with Crippen LogP contribution in [0.4, 0.5) is 0 Å². The number of allylic oxidation sites excluding steroid dienone is 20. The fourth-order valence-electron chi connectivity index (χ4n) is 7.18. The largest absolute Gasteiger partial charge is 0.462 e. The summed E-state index contributed by atoms with van der Waals surface area (Å²) in [6, 6.07) is 0. The molecule has 0 aromatic rings. The first-order valence-electron chi connectivity index (χ1n) is 28.0. The van der Waals surface area contributed by atoms with E-state index in [9.17, 15) is 14.4 Å². The monoisotopic (exact) mass is 955 g/mol. The van der Waals surface area contributed by atoms with Gasteiger partial charge in [-0.15, -0.1) is 0 Å². The van der Waals surface area contributed by atoms with Crippen molar-refractivity contribution in [3.05, 3.63) is 122 Å². The maximum Gasteiger partial charge on any atom is 0.306 e. The van der Waals surface area contributed by atoms with E-state index in [0.717, 1.165) is 89.9 Å². The van der Waals surface area contributed by atoms with E-state index in [4.69, 9.17) is 14.2 Å². The van der Waals surface area contributed by atoms with E-state index >= 15 is 0 Å². The molecule has 0 heterocycles. The second-order valence-electron chi connectivity index (χ2n) is 18.1. The van der Waals surface area contributed by atoms with Gasteiger partial charge in [-0.3, -0.25) is 14.4 Å². The minimum absolute atomic E-state index is 0.134. The summed E-state index contributed by atoms with van der Waals surface area (Å²) < 4.78 is 16.7. The van der Waals surface area contributed by atoms with E-state index in [1.165, 1.54) is 96.3 Å². The van der Waals surface area contributed by atoms with Crippen molar-refractivity contribution < 1.29 is 28.6 Å². The van der Waals surface area contributed by atoms with Crippen LogP contribution in [0.15, 0.2) is 122 Å². The normalized spacial score (nSPS) is 13.0. The minimum atomic E-state index is -0.848. The van der Waals surface area contributed by atoms with Gasteiger partial charge < -0.3 is 14.2 Å². The van der Waals surface area contributed by atoms with Gasteiger partial charge >= 0.3 is 17.9 Å². The maximum atomic E-state index is 12.8. The zero-order valence-electron chi connectivity index (χ0n) is 44.5. The molecule has 0 bridgehead atoms. The highest BCUT2D eigenvalue weighted by molar-refractivity contribution is 5.71. The molecule has 0 aromatic heterocycles. The highest BCUT2D eigenvalue weighted by Crippen LogP contribution is 2.12. The number of rotatable bonds is 49. The Morgan fingerprint density at radius 3 is 0.957 bits per heavy atom. The standard InChI is InChI=1S/C63H102O6/c1-4-7-10-13-16-19-22-25-28-30-31-33-36-39-42-45-48-51-54-57-63(66)69-60(58-67-61(64)55-52-49-46-43-40-37-34-27-24-21-18-15-12-9-6-3)59-68-62(65)56-53-50-47-44-41-38-35-32-29-26-23-20-17-14-11-8-5-2/h16,18-19,21,25-29,31,33-35,38-39,42,44,47-48,51,60H,4-15,17,20,22-24,30,32,36-37,40-41,43,45-46,49-50,52-59H2,1-3H3/b19-16-,21-18-,28-25-,29-26-,33-31-,34-27-,38-35-,42-39-,47-44-,51-48-/t60-/m1/s1. The number of unbranched alkanes of at least 4 members (excludes halogenated alkanes) is 18. The Morgan fingerprint density at radius 1 is 0.290 bits per heavy atom. The van der Waals surface area contributed by atoms with Crippen LogP contribution >= 0.6 is 0 Å². The summed E-state index contributed by atoms with van der Waals surface area (Å²) >= 11 is 0. The molecule has 0 aliphatic carbocycles. The lowest BCUT2D eigenvalue weighted by atomic mass is 10.1. The van der Waals surface area contributed by atoms with Crippen LogP contribution in [-0.4, -0.2) is 37.2 Å². The molecule has 0 unspecified atom stereocenters. The van der Waals surface area contributed by atoms with Gasteiger partial charge in [0.2, 0.25) is 0 Å². The third-order valence-electron chi connectivity index (χ3n) is 11.4. The van der Waals surface area contributed by atoms with Gasteiger partial charge in [0, 0.05) is 19.3 Å². The summed E-state index contributed by atoms with van der Waals surface area (Å²) in [5.41, 5.74) is 0. The van der Waals surface area contributed by atoms with Gasteiger partial charge in [-0.25, -0.2) is 0 Å². The number of hydrogen-bond acceptors (Lipinski definition) is 6. The third-order valence-corrected chi connectivity index (χ3v) is 11.4. The SMILES string of the molecule is CCCCC/C=C\C/C=C\C/C=C\C/C=C\C/C=C\CCC(=O)O[C@@H](COC(=O)CCC/C=C\C/C=C\C/C=C\CCCCCCCC)COC(=O)CCCCCCC/C=C\C/C=C\CCCCC. The van der Waals surface area contributed by atoms with Gasteiger partial charge in [0.05, 0.1) is 0 Å². The molecule has 0 spiro atoms. The van der Waals surface area contributed by atoms with Crippen molar-refractivity contribution in [1.29, 1.82) is 0 Å². The zero-order valence-corrected chi connectivity index (χ0v) is 44.5. The molecule has 0 saturated heterocycles. The lowest BCUT2D eigenvalue weighted by molar-refractivity contribution is -0.166. The molecule has 0 radical (unpaired) electrons. The summed E-state index contributed by atoms with van der Waals surface area (Å²) in [5.74, 6) is -1.09.